The highest BCUT2D eigenvalue weighted by molar-refractivity contribution is 7.71. The molecule has 9 heteroatoms. The zero-order chi connectivity index (χ0) is 20.9. The third kappa shape index (κ3) is 5.00. The van der Waals surface area contributed by atoms with Gasteiger partial charge in [0, 0.05) is 10.9 Å². The van der Waals surface area contributed by atoms with Crippen LogP contribution in [0, 0.1) is 11.8 Å². The summed E-state index contributed by atoms with van der Waals surface area (Å²) in [5.74, 6) is 0.700. The maximum absolute atomic E-state index is 12.4. The van der Waals surface area contributed by atoms with Crippen molar-refractivity contribution in [2.45, 2.75) is 20.1 Å². The first-order chi connectivity index (χ1) is 14.6. The van der Waals surface area contributed by atoms with Crippen LogP contribution in [0.3, 0.4) is 0 Å². The lowest BCUT2D eigenvalue weighted by molar-refractivity contribution is -0.117. The van der Waals surface area contributed by atoms with Gasteiger partial charge in [0.1, 0.15) is 12.3 Å². The highest BCUT2D eigenvalue weighted by atomic mass is 32.1. The van der Waals surface area contributed by atoms with Gasteiger partial charge in [0.15, 0.2) is 11.7 Å². The first-order valence-electron chi connectivity index (χ1n) is 9.14. The normalized spacial score (nSPS) is 10.7. The Bertz CT molecular complexity index is 1200. The number of nitrogens with one attached hydrogen (secondary N) is 1. The van der Waals surface area contributed by atoms with Crippen LogP contribution in [0.15, 0.2) is 64.4 Å². The number of nitrogens with zero attached hydrogens (tertiary/aromatic N) is 3. The van der Waals surface area contributed by atoms with Crippen LogP contribution in [0.1, 0.15) is 11.5 Å². The second-order valence-electron chi connectivity index (χ2n) is 6.47. The van der Waals surface area contributed by atoms with E-state index in [9.17, 15) is 4.79 Å². The van der Waals surface area contributed by atoms with E-state index in [0.29, 0.717) is 16.8 Å². The van der Waals surface area contributed by atoms with Crippen molar-refractivity contribution in [2.75, 3.05) is 5.32 Å². The summed E-state index contributed by atoms with van der Waals surface area (Å²) >= 11 is 6.51. The number of ether oxygens (including phenoxy) is 1. The summed E-state index contributed by atoms with van der Waals surface area (Å²) in [5, 5.41) is 9.40. The van der Waals surface area contributed by atoms with E-state index in [2.05, 4.69) is 15.4 Å². The molecule has 0 aliphatic heterocycles. The lowest BCUT2D eigenvalue weighted by Gasteiger charge is -2.02. The number of rotatable bonds is 7. The van der Waals surface area contributed by atoms with Crippen molar-refractivity contribution >= 4 is 34.6 Å². The molecule has 0 saturated carbocycles. The number of aromatic nitrogens is 3. The quantitative estimate of drug-likeness (QED) is 0.415. The number of hydrogen-bond donors (Lipinski definition) is 1. The molecule has 2 aromatic carbocycles. The summed E-state index contributed by atoms with van der Waals surface area (Å²) in [6, 6.07) is 17.4. The van der Waals surface area contributed by atoms with Crippen LogP contribution in [-0.4, -0.2) is 20.7 Å². The van der Waals surface area contributed by atoms with Crippen LogP contribution in [0.5, 0.6) is 5.75 Å². The van der Waals surface area contributed by atoms with Gasteiger partial charge < -0.3 is 14.5 Å². The number of benzene rings is 2. The van der Waals surface area contributed by atoms with E-state index >= 15 is 0 Å². The van der Waals surface area contributed by atoms with Crippen molar-refractivity contribution < 1.29 is 13.9 Å². The van der Waals surface area contributed by atoms with Crippen LogP contribution in [0.2, 0.25) is 0 Å². The highest BCUT2D eigenvalue weighted by Gasteiger charge is 2.13. The first kappa shape index (κ1) is 20.0. The molecule has 1 N–H and O–H groups in total. The zero-order valence-electron chi connectivity index (χ0n) is 16.1. The predicted molar refractivity (Wildman–Crippen MR) is 117 cm³/mol. The van der Waals surface area contributed by atoms with Gasteiger partial charge >= 0.3 is 0 Å². The third-order valence-electron chi connectivity index (χ3n) is 4.14. The Labute approximate surface area is 182 Å². The molecule has 0 fully saturated rings. The molecule has 2 heterocycles. The average molecular weight is 439 g/mol. The molecule has 30 heavy (non-hydrogen) atoms. The summed E-state index contributed by atoms with van der Waals surface area (Å²) < 4.78 is 12.3. The Kier molecular flexibility index (Phi) is 6.01. The molecule has 0 spiro atoms. The van der Waals surface area contributed by atoms with Gasteiger partial charge in [-0.05, 0) is 31.3 Å². The number of carbonyl (C=O) groups excluding carboxylic acids is 1. The lowest BCUT2D eigenvalue weighted by Crippen LogP contribution is -2.19. The maximum Gasteiger partial charge on any atom is 0.287 e. The molecule has 4 aromatic rings. The number of carbonyl (C=O) groups is 1. The van der Waals surface area contributed by atoms with E-state index in [1.165, 1.54) is 21.6 Å². The molecule has 152 valence electrons. The van der Waals surface area contributed by atoms with Crippen LogP contribution in [0.25, 0.3) is 11.3 Å². The molecule has 1 amide bonds. The third-order valence-corrected chi connectivity index (χ3v) is 5.20. The van der Waals surface area contributed by atoms with Gasteiger partial charge in [-0.3, -0.25) is 4.79 Å². The van der Waals surface area contributed by atoms with Crippen LogP contribution >= 0.6 is 23.6 Å². The summed E-state index contributed by atoms with van der Waals surface area (Å²) in [7, 11) is 0. The van der Waals surface area contributed by atoms with E-state index in [-0.39, 0.29) is 23.9 Å². The molecule has 4 rings (SSSR count). The minimum atomic E-state index is -0.292. The number of para-hydroxylation sites is 1. The van der Waals surface area contributed by atoms with Gasteiger partial charge in [-0.2, -0.15) is 0 Å². The Morgan fingerprint density at radius 3 is 2.73 bits per heavy atom. The highest BCUT2D eigenvalue weighted by Crippen LogP contribution is 2.25. The standard InChI is InChI=1S/C21H18N4O3S2/c1-14-7-9-15(10-8-14)17-13-30-20(22-17)23-18(26)11-25-21(29)28-19(24-25)12-27-16-5-3-2-4-6-16/h2-10,13H,11-12H2,1H3,(H,22,23,26). The van der Waals surface area contributed by atoms with Crippen LogP contribution in [0.4, 0.5) is 5.13 Å². The fourth-order valence-corrected chi connectivity index (χ4v) is 3.59. The number of hydrogen-bond acceptors (Lipinski definition) is 7. The van der Waals surface area contributed by atoms with Crippen molar-refractivity contribution in [2.24, 2.45) is 0 Å². The van der Waals surface area contributed by atoms with Crippen molar-refractivity contribution in [1.29, 1.82) is 0 Å². The summed E-state index contributed by atoms with van der Waals surface area (Å²) in [4.78, 5) is 17.0. The van der Waals surface area contributed by atoms with Gasteiger partial charge in [-0.25, -0.2) is 9.67 Å². The zero-order valence-corrected chi connectivity index (χ0v) is 17.7. The van der Waals surface area contributed by atoms with E-state index in [1.807, 2.05) is 66.9 Å². The molecule has 2 aromatic heterocycles. The summed E-state index contributed by atoms with van der Waals surface area (Å²) in [6.45, 7) is 2.08. The minimum absolute atomic E-state index is 0.0763. The SMILES string of the molecule is Cc1ccc(-c2csc(NC(=O)Cn3nc(COc4ccccc4)oc3=S)n2)cc1. The minimum Gasteiger partial charge on any atom is -0.484 e. The number of aryl methyl sites for hydroxylation is 1. The molecule has 0 aliphatic rings. The Morgan fingerprint density at radius 2 is 1.97 bits per heavy atom. The Hall–Kier alpha value is -3.30. The Balaban J connectivity index is 1.36. The molecule has 7 nitrogen and oxygen atoms in total. The van der Waals surface area contributed by atoms with Gasteiger partial charge in [0.2, 0.25) is 5.91 Å². The van der Waals surface area contributed by atoms with Crippen LogP contribution < -0.4 is 10.1 Å². The number of amides is 1. The number of anilines is 1. The summed E-state index contributed by atoms with van der Waals surface area (Å²) in [5.41, 5.74) is 2.99. The van der Waals surface area contributed by atoms with E-state index in [0.717, 1.165) is 11.3 Å². The number of thiazole rings is 1. The van der Waals surface area contributed by atoms with Crippen molar-refractivity contribution in [3.05, 3.63) is 76.3 Å². The molecule has 0 saturated heterocycles. The average Bonchev–Trinajstić information content (AvgIpc) is 3.34. The van der Waals surface area contributed by atoms with E-state index in [1.54, 1.807) is 0 Å². The van der Waals surface area contributed by atoms with Crippen molar-refractivity contribution in [1.82, 2.24) is 14.8 Å². The summed E-state index contributed by atoms with van der Waals surface area (Å²) in [6.07, 6.45) is 0. The Morgan fingerprint density at radius 1 is 1.20 bits per heavy atom. The van der Waals surface area contributed by atoms with E-state index in [4.69, 9.17) is 21.4 Å². The topological polar surface area (TPSA) is 82.2 Å². The lowest BCUT2D eigenvalue weighted by atomic mass is 10.1. The molecular formula is C21H18N4O3S2. The predicted octanol–water partition coefficient (Wildman–Crippen LogP) is 4.86. The van der Waals surface area contributed by atoms with Gasteiger partial charge in [-0.1, -0.05) is 48.0 Å². The molecule has 0 aliphatic carbocycles. The van der Waals surface area contributed by atoms with Gasteiger partial charge in [0.25, 0.3) is 10.7 Å². The molecule has 0 unspecified atom stereocenters. The van der Waals surface area contributed by atoms with Crippen LogP contribution in [-0.2, 0) is 17.9 Å². The maximum atomic E-state index is 12.4. The van der Waals surface area contributed by atoms with Gasteiger partial charge in [0.05, 0.1) is 5.69 Å². The fraction of sp³-hybridized carbons (Fsp3) is 0.143. The monoisotopic (exact) mass is 438 g/mol. The smallest absolute Gasteiger partial charge is 0.287 e. The molecular weight excluding hydrogens is 420 g/mol. The second-order valence-corrected chi connectivity index (χ2v) is 7.68. The van der Waals surface area contributed by atoms with Gasteiger partial charge in [-0.15, -0.1) is 16.4 Å². The van der Waals surface area contributed by atoms with Crippen molar-refractivity contribution in [3.8, 4) is 17.0 Å². The fourth-order valence-electron chi connectivity index (χ4n) is 2.65. The van der Waals surface area contributed by atoms with Crippen molar-refractivity contribution in [3.63, 3.8) is 0 Å². The second kappa shape index (κ2) is 9.02. The molecule has 0 bridgehead atoms. The molecule has 0 radical (unpaired) electrons. The first-order valence-corrected chi connectivity index (χ1v) is 10.4. The largest absolute Gasteiger partial charge is 0.484 e. The molecule has 0 atom stereocenters. The van der Waals surface area contributed by atoms with E-state index < -0.39 is 0 Å².